The van der Waals surface area contributed by atoms with Crippen molar-refractivity contribution in [3.05, 3.63) is 53.0 Å². The number of nitrogens with one attached hydrogen (secondary N) is 2. The van der Waals surface area contributed by atoms with E-state index >= 15 is 0 Å². The number of benzene rings is 2. The molecule has 0 aliphatic heterocycles. The zero-order valence-electron chi connectivity index (χ0n) is 16.4. The van der Waals surface area contributed by atoms with E-state index < -0.39 is 0 Å². The van der Waals surface area contributed by atoms with Gasteiger partial charge in [-0.3, -0.25) is 4.79 Å². The summed E-state index contributed by atoms with van der Waals surface area (Å²) in [6.07, 6.45) is 0.510. The molecule has 6 heteroatoms. The molecule has 0 unspecified atom stereocenters. The molecule has 146 valence electrons. The number of fused-ring (bicyclic) bond motifs is 1. The summed E-state index contributed by atoms with van der Waals surface area (Å²) in [5, 5.41) is 7.27. The molecule has 3 rings (SSSR count). The van der Waals surface area contributed by atoms with Gasteiger partial charge in [-0.2, -0.15) is 0 Å². The second-order valence-electron chi connectivity index (χ2n) is 7.94. The van der Waals surface area contributed by atoms with E-state index in [2.05, 4.69) is 47.3 Å². The predicted molar refractivity (Wildman–Crippen MR) is 118 cm³/mol. The molecule has 0 saturated carbocycles. The van der Waals surface area contributed by atoms with Gasteiger partial charge in [-0.15, -0.1) is 0 Å². The smallest absolute Gasteiger partial charge is 0.220 e. The third-order valence-electron chi connectivity index (χ3n) is 4.12. The van der Waals surface area contributed by atoms with Crippen LogP contribution in [0.15, 0.2) is 53.0 Å². The molecule has 1 amide bonds. The number of amides is 1. The molecule has 0 saturated heterocycles. The van der Waals surface area contributed by atoms with Crippen LogP contribution in [0.5, 0.6) is 0 Å². The van der Waals surface area contributed by atoms with Gasteiger partial charge in [0.2, 0.25) is 5.91 Å². The minimum absolute atomic E-state index is 0.0147. The van der Waals surface area contributed by atoms with Gasteiger partial charge in [0, 0.05) is 34.9 Å². The Labute approximate surface area is 174 Å². The van der Waals surface area contributed by atoms with Crippen molar-refractivity contribution in [3.63, 3.8) is 0 Å². The molecule has 3 aromatic rings. The Balaban J connectivity index is 1.76. The standard InChI is InChI=1S/C22H25BrN4O/c1-22(2,3)14-19(28)24-11-12-25-21-17-9-4-5-10-18(17)26-20(27-21)15-7-6-8-16(23)13-15/h4-10,13H,11-12,14H2,1-3H3,(H,24,28)(H,25,26,27). The van der Waals surface area contributed by atoms with Crippen LogP contribution >= 0.6 is 15.9 Å². The molecule has 5 nitrogen and oxygen atoms in total. The monoisotopic (exact) mass is 440 g/mol. The molecule has 0 radical (unpaired) electrons. The fourth-order valence-electron chi connectivity index (χ4n) is 2.90. The molecule has 2 N–H and O–H groups in total. The van der Waals surface area contributed by atoms with E-state index in [1.54, 1.807) is 0 Å². The van der Waals surface area contributed by atoms with Crippen LogP contribution in [-0.2, 0) is 4.79 Å². The lowest BCUT2D eigenvalue weighted by Crippen LogP contribution is -2.31. The molecule has 0 bridgehead atoms. The Hall–Kier alpha value is -2.47. The summed E-state index contributed by atoms with van der Waals surface area (Å²) >= 11 is 3.50. The summed E-state index contributed by atoms with van der Waals surface area (Å²) in [4.78, 5) is 21.4. The fraction of sp³-hybridized carbons (Fsp3) is 0.318. The lowest BCUT2D eigenvalue weighted by molar-refractivity contribution is -0.122. The number of rotatable bonds is 6. The highest BCUT2D eigenvalue weighted by molar-refractivity contribution is 9.10. The minimum Gasteiger partial charge on any atom is -0.368 e. The fourth-order valence-corrected chi connectivity index (χ4v) is 3.29. The number of aromatic nitrogens is 2. The van der Waals surface area contributed by atoms with Crippen molar-refractivity contribution in [1.82, 2.24) is 15.3 Å². The van der Waals surface area contributed by atoms with Gasteiger partial charge < -0.3 is 10.6 Å². The van der Waals surface area contributed by atoms with Crippen molar-refractivity contribution in [1.29, 1.82) is 0 Å². The van der Waals surface area contributed by atoms with Gasteiger partial charge in [0.1, 0.15) is 5.82 Å². The van der Waals surface area contributed by atoms with Crippen molar-refractivity contribution < 1.29 is 4.79 Å². The summed E-state index contributed by atoms with van der Waals surface area (Å²) in [5.41, 5.74) is 1.81. The Morgan fingerprint density at radius 2 is 1.82 bits per heavy atom. The van der Waals surface area contributed by atoms with Gasteiger partial charge in [-0.25, -0.2) is 9.97 Å². The molecule has 1 aromatic heterocycles. The number of nitrogens with zero attached hydrogens (tertiary/aromatic N) is 2. The molecule has 2 aromatic carbocycles. The first-order valence-electron chi connectivity index (χ1n) is 9.35. The van der Waals surface area contributed by atoms with E-state index in [9.17, 15) is 4.79 Å². The molecule has 0 aliphatic carbocycles. The highest BCUT2D eigenvalue weighted by Crippen LogP contribution is 2.26. The van der Waals surface area contributed by atoms with E-state index in [-0.39, 0.29) is 11.3 Å². The van der Waals surface area contributed by atoms with Gasteiger partial charge in [0.05, 0.1) is 5.52 Å². The zero-order chi connectivity index (χ0) is 20.1. The van der Waals surface area contributed by atoms with E-state index in [0.29, 0.717) is 25.3 Å². The number of para-hydroxylation sites is 1. The highest BCUT2D eigenvalue weighted by atomic mass is 79.9. The maximum absolute atomic E-state index is 12.0. The summed E-state index contributed by atoms with van der Waals surface area (Å²) < 4.78 is 0.984. The Bertz CT molecular complexity index is 982. The SMILES string of the molecule is CC(C)(C)CC(=O)NCCNc1nc(-c2cccc(Br)c2)nc2ccccc12. The van der Waals surface area contributed by atoms with Crippen LogP contribution < -0.4 is 10.6 Å². The molecule has 0 fully saturated rings. The van der Waals surface area contributed by atoms with Crippen molar-refractivity contribution in [2.24, 2.45) is 5.41 Å². The Morgan fingerprint density at radius 1 is 1.04 bits per heavy atom. The van der Waals surface area contributed by atoms with E-state index in [1.807, 2.05) is 48.5 Å². The van der Waals surface area contributed by atoms with Gasteiger partial charge in [0.25, 0.3) is 0 Å². The Morgan fingerprint density at radius 3 is 2.57 bits per heavy atom. The van der Waals surface area contributed by atoms with Crippen LogP contribution in [0.4, 0.5) is 5.82 Å². The topological polar surface area (TPSA) is 66.9 Å². The van der Waals surface area contributed by atoms with Crippen LogP contribution in [0.25, 0.3) is 22.3 Å². The number of carbonyl (C=O) groups excluding carboxylic acids is 1. The lowest BCUT2D eigenvalue weighted by Gasteiger charge is -2.17. The summed E-state index contributed by atoms with van der Waals surface area (Å²) in [6, 6.07) is 15.9. The highest BCUT2D eigenvalue weighted by Gasteiger charge is 2.15. The van der Waals surface area contributed by atoms with Crippen LogP contribution in [0.1, 0.15) is 27.2 Å². The average molecular weight is 441 g/mol. The van der Waals surface area contributed by atoms with E-state index in [0.717, 1.165) is 26.8 Å². The molecular formula is C22H25BrN4O. The number of anilines is 1. The summed E-state index contributed by atoms with van der Waals surface area (Å²) in [6.45, 7) is 7.30. The first kappa shape index (κ1) is 20.3. The quantitative estimate of drug-likeness (QED) is 0.527. The molecular weight excluding hydrogens is 416 g/mol. The predicted octanol–water partition coefficient (Wildman–Crippen LogP) is 5.02. The maximum atomic E-state index is 12.0. The molecule has 0 spiro atoms. The molecule has 1 heterocycles. The lowest BCUT2D eigenvalue weighted by atomic mass is 9.92. The number of hydrogen-bond donors (Lipinski definition) is 2. The van der Waals surface area contributed by atoms with Crippen LogP contribution in [-0.4, -0.2) is 29.0 Å². The van der Waals surface area contributed by atoms with Crippen LogP contribution in [0, 0.1) is 5.41 Å². The van der Waals surface area contributed by atoms with Gasteiger partial charge in [-0.1, -0.05) is 61.0 Å². The van der Waals surface area contributed by atoms with E-state index in [4.69, 9.17) is 9.97 Å². The van der Waals surface area contributed by atoms with Crippen molar-refractivity contribution in [2.45, 2.75) is 27.2 Å². The van der Waals surface area contributed by atoms with Gasteiger partial charge in [0.15, 0.2) is 5.82 Å². The normalized spacial score (nSPS) is 11.4. The third kappa shape index (κ3) is 5.52. The minimum atomic E-state index is -0.0147. The molecule has 28 heavy (non-hydrogen) atoms. The molecule has 0 aliphatic rings. The first-order chi connectivity index (χ1) is 13.3. The molecule has 0 atom stereocenters. The van der Waals surface area contributed by atoms with Gasteiger partial charge in [-0.05, 0) is 29.7 Å². The van der Waals surface area contributed by atoms with Crippen LogP contribution in [0.3, 0.4) is 0 Å². The number of halogens is 1. The van der Waals surface area contributed by atoms with Crippen LogP contribution in [0.2, 0.25) is 0 Å². The average Bonchev–Trinajstić information content (AvgIpc) is 2.63. The third-order valence-corrected chi connectivity index (χ3v) is 4.61. The first-order valence-corrected chi connectivity index (χ1v) is 10.1. The second kappa shape index (κ2) is 8.69. The summed E-state index contributed by atoms with van der Waals surface area (Å²) in [7, 11) is 0. The summed E-state index contributed by atoms with van der Waals surface area (Å²) in [5.74, 6) is 1.50. The Kier molecular flexibility index (Phi) is 6.29. The maximum Gasteiger partial charge on any atom is 0.220 e. The van der Waals surface area contributed by atoms with Crippen molar-refractivity contribution >= 4 is 38.6 Å². The van der Waals surface area contributed by atoms with E-state index in [1.165, 1.54) is 0 Å². The van der Waals surface area contributed by atoms with Crippen molar-refractivity contribution in [3.8, 4) is 11.4 Å². The second-order valence-corrected chi connectivity index (χ2v) is 8.85. The zero-order valence-corrected chi connectivity index (χ0v) is 18.0. The largest absolute Gasteiger partial charge is 0.368 e. The van der Waals surface area contributed by atoms with Gasteiger partial charge >= 0.3 is 0 Å². The number of hydrogen-bond acceptors (Lipinski definition) is 4. The number of carbonyl (C=O) groups is 1. The van der Waals surface area contributed by atoms with Crippen molar-refractivity contribution in [2.75, 3.05) is 18.4 Å².